The number of carbonyl (C=O) groups is 1. The van der Waals surface area contributed by atoms with Crippen molar-refractivity contribution in [3.63, 3.8) is 0 Å². The van der Waals surface area contributed by atoms with Gasteiger partial charge in [0.05, 0.1) is 6.33 Å². The molecule has 0 radical (unpaired) electrons. The van der Waals surface area contributed by atoms with Gasteiger partial charge in [0.1, 0.15) is 0 Å². The molecule has 1 heterocycles. The normalized spacial score (nSPS) is 10.3. The number of carbonyl (C=O) groups excluding carboxylic acids is 1. The Morgan fingerprint density at radius 2 is 2.20 bits per heavy atom. The Morgan fingerprint density at radius 1 is 1.40 bits per heavy atom. The monoisotopic (exact) mass is 291 g/mol. The highest BCUT2D eigenvalue weighted by Crippen LogP contribution is 2.10. The van der Waals surface area contributed by atoms with E-state index in [1.54, 1.807) is 31.2 Å². The fourth-order valence-corrected chi connectivity index (χ4v) is 1.90. The lowest BCUT2D eigenvalue weighted by atomic mass is 10.2. The molecule has 0 aliphatic heterocycles. The molecule has 104 valence electrons. The highest BCUT2D eigenvalue weighted by molar-refractivity contribution is 6.30. The summed E-state index contributed by atoms with van der Waals surface area (Å²) in [5, 5.41) is 3.24. The van der Waals surface area contributed by atoms with Gasteiger partial charge in [0.15, 0.2) is 0 Å². The van der Waals surface area contributed by atoms with Crippen LogP contribution in [0.1, 0.15) is 16.1 Å². The molecule has 0 aliphatic rings. The summed E-state index contributed by atoms with van der Waals surface area (Å²) >= 11 is 5.82. The van der Waals surface area contributed by atoms with Crippen LogP contribution in [0.3, 0.4) is 0 Å². The van der Waals surface area contributed by atoms with Crippen molar-refractivity contribution in [3.8, 4) is 0 Å². The zero-order valence-corrected chi connectivity index (χ0v) is 11.7. The fourth-order valence-electron chi connectivity index (χ4n) is 1.71. The van der Waals surface area contributed by atoms with Crippen LogP contribution < -0.4 is 10.9 Å². The molecular formula is C14H14ClN3O2. The predicted octanol–water partition coefficient (Wildman–Crippen LogP) is 1.64. The number of amides is 1. The number of aromatic nitrogens is 2. The zero-order chi connectivity index (χ0) is 14.5. The van der Waals surface area contributed by atoms with Gasteiger partial charge in [-0.05, 0) is 25.1 Å². The largest absolute Gasteiger partial charge is 0.350 e. The molecule has 1 N–H and O–H groups in total. The van der Waals surface area contributed by atoms with E-state index >= 15 is 0 Å². The topological polar surface area (TPSA) is 64.0 Å². The average molecular weight is 292 g/mol. The van der Waals surface area contributed by atoms with E-state index in [9.17, 15) is 9.59 Å². The number of benzene rings is 1. The molecule has 1 aromatic heterocycles. The number of hydrogen-bond donors (Lipinski definition) is 1. The molecule has 0 spiro atoms. The lowest BCUT2D eigenvalue weighted by Gasteiger charge is -2.07. The number of aryl methyl sites for hydroxylation is 1. The van der Waals surface area contributed by atoms with Crippen molar-refractivity contribution in [2.45, 2.75) is 13.5 Å². The Labute approximate surface area is 121 Å². The number of nitrogens with zero attached hydrogens (tertiary/aromatic N) is 2. The van der Waals surface area contributed by atoms with Crippen LogP contribution in [0.25, 0.3) is 0 Å². The molecule has 0 aliphatic carbocycles. The third-order valence-corrected chi connectivity index (χ3v) is 2.98. The Kier molecular flexibility index (Phi) is 4.53. The molecule has 2 aromatic rings. The van der Waals surface area contributed by atoms with E-state index in [-0.39, 0.29) is 11.5 Å². The SMILES string of the molecule is Cc1cc(=O)n(CCNC(=O)c2cccc(Cl)c2)cn1. The first-order valence-corrected chi connectivity index (χ1v) is 6.51. The minimum Gasteiger partial charge on any atom is -0.350 e. The molecule has 0 fully saturated rings. The van der Waals surface area contributed by atoms with E-state index in [1.165, 1.54) is 17.0 Å². The summed E-state index contributed by atoms with van der Waals surface area (Å²) in [6.45, 7) is 2.47. The van der Waals surface area contributed by atoms with Crippen LogP contribution in [0.4, 0.5) is 0 Å². The summed E-state index contributed by atoms with van der Waals surface area (Å²) < 4.78 is 1.45. The molecule has 1 aromatic carbocycles. The van der Waals surface area contributed by atoms with E-state index in [2.05, 4.69) is 10.3 Å². The van der Waals surface area contributed by atoms with E-state index in [1.807, 2.05) is 0 Å². The molecule has 1 amide bonds. The third-order valence-electron chi connectivity index (χ3n) is 2.74. The van der Waals surface area contributed by atoms with Gasteiger partial charge in [-0.3, -0.25) is 14.2 Å². The van der Waals surface area contributed by atoms with E-state index in [0.717, 1.165) is 0 Å². The number of rotatable bonds is 4. The molecule has 0 atom stereocenters. The summed E-state index contributed by atoms with van der Waals surface area (Å²) in [4.78, 5) is 27.5. The first-order valence-electron chi connectivity index (χ1n) is 6.13. The van der Waals surface area contributed by atoms with Crippen molar-refractivity contribution in [1.82, 2.24) is 14.9 Å². The van der Waals surface area contributed by atoms with Crippen LogP contribution in [0.5, 0.6) is 0 Å². The van der Waals surface area contributed by atoms with Crippen LogP contribution >= 0.6 is 11.6 Å². The van der Waals surface area contributed by atoms with Crippen molar-refractivity contribution in [3.05, 3.63) is 63.3 Å². The summed E-state index contributed by atoms with van der Waals surface area (Å²) in [7, 11) is 0. The fraction of sp³-hybridized carbons (Fsp3) is 0.214. The van der Waals surface area contributed by atoms with Gasteiger partial charge in [-0.1, -0.05) is 17.7 Å². The number of nitrogens with one attached hydrogen (secondary N) is 1. The Balaban J connectivity index is 1.93. The molecule has 0 bridgehead atoms. The lowest BCUT2D eigenvalue weighted by Crippen LogP contribution is -2.30. The van der Waals surface area contributed by atoms with Gasteiger partial charge >= 0.3 is 0 Å². The number of hydrogen-bond acceptors (Lipinski definition) is 3. The highest BCUT2D eigenvalue weighted by Gasteiger charge is 2.05. The molecule has 5 nitrogen and oxygen atoms in total. The summed E-state index contributed by atoms with van der Waals surface area (Å²) in [5.74, 6) is -0.222. The second-order valence-electron chi connectivity index (χ2n) is 4.33. The maximum atomic E-state index is 11.9. The number of halogens is 1. The maximum Gasteiger partial charge on any atom is 0.253 e. The van der Waals surface area contributed by atoms with Crippen molar-refractivity contribution < 1.29 is 4.79 Å². The second-order valence-corrected chi connectivity index (χ2v) is 4.76. The van der Waals surface area contributed by atoms with Crippen LogP contribution in [0, 0.1) is 6.92 Å². The van der Waals surface area contributed by atoms with Crippen LogP contribution in [0.15, 0.2) is 41.5 Å². The van der Waals surface area contributed by atoms with E-state index in [0.29, 0.717) is 29.4 Å². The molecule has 20 heavy (non-hydrogen) atoms. The van der Waals surface area contributed by atoms with Gasteiger partial charge in [0, 0.05) is 35.4 Å². The Morgan fingerprint density at radius 3 is 2.90 bits per heavy atom. The van der Waals surface area contributed by atoms with Crippen LogP contribution in [-0.2, 0) is 6.54 Å². The van der Waals surface area contributed by atoms with Gasteiger partial charge < -0.3 is 5.32 Å². The highest BCUT2D eigenvalue weighted by atomic mass is 35.5. The molecule has 0 saturated heterocycles. The van der Waals surface area contributed by atoms with Gasteiger partial charge in [-0.15, -0.1) is 0 Å². The first kappa shape index (κ1) is 14.3. The second kappa shape index (κ2) is 6.34. The minimum absolute atomic E-state index is 0.130. The van der Waals surface area contributed by atoms with Crippen LogP contribution in [-0.4, -0.2) is 22.0 Å². The molecule has 6 heteroatoms. The summed E-state index contributed by atoms with van der Waals surface area (Å²) in [6, 6.07) is 8.15. The van der Waals surface area contributed by atoms with Gasteiger partial charge in [0.25, 0.3) is 11.5 Å². The van der Waals surface area contributed by atoms with E-state index < -0.39 is 0 Å². The molecule has 0 saturated carbocycles. The third kappa shape index (κ3) is 3.68. The van der Waals surface area contributed by atoms with Crippen molar-refractivity contribution >= 4 is 17.5 Å². The quantitative estimate of drug-likeness (QED) is 0.931. The first-order chi connectivity index (χ1) is 9.56. The molecule has 0 unspecified atom stereocenters. The Hall–Kier alpha value is -2.14. The minimum atomic E-state index is -0.222. The smallest absolute Gasteiger partial charge is 0.253 e. The zero-order valence-electron chi connectivity index (χ0n) is 11.0. The summed E-state index contributed by atoms with van der Waals surface area (Å²) in [5.41, 5.74) is 1.04. The molecule has 2 rings (SSSR count). The van der Waals surface area contributed by atoms with E-state index in [4.69, 9.17) is 11.6 Å². The maximum absolute atomic E-state index is 11.9. The summed E-state index contributed by atoms with van der Waals surface area (Å²) in [6.07, 6.45) is 1.48. The average Bonchev–Trinajstić information content (AvgIpc) is 2.41. The van der Waals surface area contributed by atoms with Gasteiger partial charge in [-0.2, -0.15) is 0 Å². The van der Waals surface area contributed by atoms with Gasteiger partial charge in [0.2, 0.25) is 0 Å². The van der Waals surface area contributed by atoms with Crippen molar-refractivity contribution in [2.24, 2.45) is 0 Å². The van der Waals surface area contributed by atoms with Crippen molar-refractivity contribution in [1.29, 1.82) is 0 Å². The van der Waals surface area contributed by atoms with Crippen molar-refractivity contribution in [2.75, 3.05) is 6.54 Å². The van der Waals surface area contributed by atoms with Gasteiger partial charge in [-0.25, -0.2) is 4.98 Å². The van der Waals surface area contributed by atoms with Crippen LogP contribution in [0.2, 0.25) is 5.02 Å². The molecular weight excluding hydrogens is 278 g/mol. The Bertz CT molecular complexity index is 682. The lowest BCUT2D eigenvalue weighted by molar-refractivity contribution is 0.0952. The standard InChI is InChI=1S/C14H14ClN3O2/c1-10-7-13(19)18(9-17-10)6-5-16-14(20)11-3-2-4-12(15)8-11/h2-4,7-9H,5-6H2,1H3,(H,16,20). The predicted molar refractivity (Wildman–Crippen MR) is 77.0 cm³/mol.